The van der Waals surface area contributed by atoms with Crippen molar-refractivity contribution >= 4 is 57.6 Å². The van der Waals surface area contributed by atoms with E-state index in [1.54, 1.807) is 18.2 Å². The van der Waals surface area contributed by atoms with Crippen molar-refractivity contribution in [3.05, 3.63) is 47.5 Å². The molecule has 0 saturated heterocycles. The molecule has 8 heteroatoms. The molecule has 0 saturated carbocycles. The zero-order chi connectivity index (χ0) is 19.1. The molecular weight excluding hydrogens is 372 g/mol. The van der Waals surface area contributed by atoms with E-state index in [0.29, 0.717) is 16.7 Å². The summed E-state index contributed by atoms with van der Waals surface area (Å²) in [7, 11) is 1.86. The summed E-state index contributed by atoms with van der Waals surface area (Å²) in [5.74, 6) is -0.118. The van der Waals surface area contributed by atoms with Crippen molar-refractivity contribution in [2.75, 3.05) is 41.0 Å². The van der Waals surface area contributed by atoms with Crippen molar-refractivity contribution < 1.29 is 9.90 Å². The zero-order valence-corrected chi connectivity index (χ0v) is 16.1. The number of thiocarbonyl (C=S) groups is 1. The van der Waals surface area contributed by atoms with Gasteiger partial charge >= 0.3 is 0 Å². The molecule has 2 rings (SSSR count). The van der Waals surface area contributed by atoms with Crippen LogP contribution in [0, 0.1) is 0 Å². The minimum atomic E-state index is -0.118. The minimum Gasteiger partial charge on any atom is -0.395 e. The normalized spacial score (nSPS) is 10.2. The standard InChI is InChI=1S/C18H21ClN4O2S/c1-12(25)20-13-3-5-14(6-4-13)21-18(26)22-15-7-8-17(16(19)11-15)23(2)9-10-24/h3-8,11,24H,9-10H2,1-2H3,(H,20,25)(H2,21,22,26). The van der Waals surface area contributed by atoms with E-state index in [1.165, 1.54) is 6.92 Å². The monoisotopic (exact) mass is 392 g/mol. The van der Waals surface area contributed by atoms with Crippen molar-refractivity contribution in [2.45, 2.75) is 6.92 Å². The highest BCUT2D eigenvalue weighted by Crippen LogP contribution is 2.28. The van der Waals surface area contributed by atoms with Gasteiger partial charge in [-0.15, -0.1) is 0 Å². The van der Waals surface area contributed by atoms with Crippen molar-refractivity contribution in [3.63, 3.8) is 0 Å². The third kappa shape index (κ3) is 5.87. The van der Waals surface area contributed by atoms with Crippen molar-refractivity contribution in [2.24, 2.45) is 0 Å². The van der Waals surface area contributed by atoms with Gasteiger partial charge in [-0.05, 0) is 54.7 Å². The third-order valence-electron chi connectivity index (χ3n) is 3.52. The first kappa shape index (κ1) is 20.0. The van der Waals surface area contributed by atoms with Crippen LogP contribution in [0.2, 0.25) is 5.02 Å². The van der Waals surface area contributed by atoms with Gasteiger partial charge in [-0.1, -0.05) is 11.6 Å². The first-order valence-electron chi connectivity index (χ1n) is 7.96. The average molecular weight is 393 g/mol. The molecule has 0 radical (unpaired) electrons. The molecule has 0 fully saturated rings. The molecule has 0 aromatic heterocycles. The van der Waals surface area contributed by atoms with E-state index in [2.05, 4.69) is 16.0 Å². The van der Waals surface area contributed by atoms with Crippen molar-refractivity contribution in [3.8, 4) is 0 Å². The number of rotatable bonds is 6. The summed E-state index contributed by atoms with van der Waals surface area (Å²) >= 11 is 11.6. The number of aliphatic hydroxyl groups is 1. The number of halogens is 1. The van der Waals surface area contributed by atoms with E-state index in [9.17, 15) is 4.79 Å². The number of benzene rings is 2. The van der Waals surface area contributed by atoms with Crippen molar-refractivity contribution in [1.29, 1.82) is 0 Å². The number of hydrogen-bond acceptors (Lipinski definition) is 4. The second-order valence-corrected chi connectivity index (χ2v) is 6.46. The summed E-state index contributed by atoms with van der Waals surface area (Å²) in [4.78, 5) is 12.9. The topological polar surface area (TPSA) is 76.6 Å². The lowest BCUT2D eigenvalue weighted by molar-refractivity contribution is -0.114. The molecule has 0 aliphatic carbocycles. The summed E-state index contributed by atoms with van der Waals surface area (Å²) in [6, 6.07) is 12.7. The summed E-state index contributed by atoms with van der Waals surface area (Å²) in [5, 5.41) is 18.9. The Kier molecular flexibility index (Phi) is 7.20. The van der Waals surface area contributed by atoms with Crippen LogP contribution in [0.15, 0.2) is 42.5 Å². The molecule has 4 N–H and O–H groups in total. The van der Waals surface area contributed by atoms with Crippen LogP contribution in [0.4, 0.5) is 22.7 Å². The zero-order valence-electron chi connectivity index (χ0n) is 14.5. The predicted octanol–water partition coefficient (Wildman–Crippen LogP) is 3.54. The number of hydrogen-bond donors (Lipinski definition) is 4. The van der Waals surface area contributed by atoms with Crippen LogP contribution in [0.5, 0.6) is 0 Å². The van der Waals surface area contributed by atoms with E-state index in [0.717, 1.165) is 22.7 Å². The second kappa shape index (κ2) is 9.38. The highest BCUT2D eigenvalue weighted by atomic mass is 35.5. The van der Waals surface area contributed by atoms with Gasteiger partial charge in [0.05, 0.1) is 17.3 Å². The Labute approximate surface area is 163 Å². The lowest BCUT2D eigenvalue weighted by Crippen LogP contribution is -2.22. The molecule has 0 atom stereocenters. The van der Waals surface area contributed by atoms with Crippen LogP contribution >= 0.6 is 23.8 Å². The Morgan fingerprint density at radius 1 is 1.08 bits per heavy atom. The van der Waals surface area contributed by atoms with Gasteiger partial charge in [0.15, 0.2) is 5.11 Å². The quantitative estimate of drug-likeness (QED) is 0.563. The van der Waals surface area contributed by atoms with E-state index in [4.69, 9.17) is 28.9 Å². The Morgan fingerprint density at radius 2 is 1.62 bits per heavy atom. The first-order valence-corrected chi connectivity index (χ1v) is 8.75. The van der Waals surface area contributed by atoms with E-state index < -0.39 is 0 Å². The predicted molar refractivity (Wildman–Crippen MR) is 112 cm³/mol. The maximum Gasteiger partial charge on any atom is 0.221 e. The molecule has 138 valence electrons. The molecule has 0 bridgehead atoms. The fraction of sp³-hybridized carbons (Fsp3) is 0.222. The number of carbonyl (C=O) groups excluding carboxylic acids is 1. The lowest BCUT2D eigenvalue weighted by atomic mass is 10.2. The fourth-order valence-corrected chi connectivity index (χ4v) is 2.86. The number of nitrogens with zero attached hydrogens (tertiary/aromatic N) is 1. The minimum absolute atomic E-state index is 0.0571. The molecule has 0 heterocycles. The Morgan fingerprint density at radius 3 is 2.15 bits per heavy atom. The number of anilines is 4. The lowest BCUT2D eigenvalue weighted by Gasteiger charge is -2.20. The Hall–Kier alpha value is -2.35. The number of aliphatic hydroxyl groups excluding tert-OH is 1. The largest absolute Gasteiger partial charge is 0.395 e. The van der Waals surface area contributed by atoms with Gasteiger partial charge in [0.2, 0.25) is 5.91 Å². The first-order chi connectivity index (χ1) is 12.4. The summed E-state index contributed by atoms with van der Waals surface area (Å²) in [5.41, 5.74) is 3.10. The molecular formula is C18H21ClN4O2S. The molecule has 0 aliphatic heterocycles. The number of likely N-dealkylation sites (N-methyl/N-ethyl adjacent to an activating group) is 1. The van der Waals surface area contributed by atoms with Crippen LogP contribution in [0.25, 0.3) is 0 Å². The van der Waals surface area contributed by atoms with Crippen LogP contribution in [0.3, 0.4) is 0 Å². The maximum atomic E-state index is 11.0. The molecule has 6 nitrogen and oxygen atoms in total. The average Bonchev–Trinajstić information content (AvgIpc) is 2.56. The molecule has 1 amide bonds. The molecule has 2 aromatic carbocycles. The second-order valence-electron chi connectivity index (χ2n) is 5.65. The van der Waals surface area contributed by atoms with Gasteiger partial charge in [-0.25, -0.2) is 0 Å². The molecule has 0 spiro atoms. The maximum absolute atomic E-state index is 11.0. The van der Waals surface area contributed by atoms with E-state index in [1.807, 2.05) is 36.2 Å². The van der Waals surface area contributed by atoms with Crippen LogP contribution in [-0.4, -0.2) is 36.3 Å². The molecule has 0 unspecified atom stereocenters. The van der Waals surface area contributed by atoms with Crippen molar-refractivity contribution in [1.82, 2.24) is 0 Å². The smallest absolute Gasteiger partial charge is 0.221 e. The highest BCUT2D eigenvalue weighted by molar-refractivity contribution is 7.80. The summed E-state index contributed by atoms with van der Waals surface area (Å²) < 4.78 is 0. The Bertz CT molecular complexity index is 783. The van der Waals surface area contributed by atoms with Crippen LogP contribution < -0.4 is 20.9 Å². The SMILES string of the molecule is CC(=O)Nc1ccc(NC(=S)Nc2ccc(N(C)CCO)c(Cl)c2)cc1. The molecule has 0 aliphatic rings. The molecule has 26 heavy (non-hydrogen) atoms. The third-order valence-corrected chi connectivity index (χ3v) is 4.02. The van der Waals surface area contributed by atoms with Gasteiger partial charge in [-0.2, -0.15) is 0 Å². The van der Waals surface area contributed by atoms with Gasteiger partial charge in [0.1, 0.15) is 0 Å². The number of carbonyl (C=O) groups is 1. The fourth-order valence-electron chi connectivity index (χ4n) is 2.30. The molecule has 2 aromatic rings. The number of amides is 1. The van der Waals surface area contributed by atoms with E-state index in [-0.39, 0.29) is 12.5 Å². The van der Waals surface area contributed by atoms with Gasteiger partial charge in [-0.3, -0.25) is 4.79 Å². The van der Waals surface area contributed by atoms with Gasteiger partial charge < -0.3 is 26.0 Å². The van der Waals surface area contributed by atoms with Gasteiger partial charge in [0.25, 0.3) is 0 Å². The summed E-state index contributed by atoms with van der Waals surface area (Å²) in [6.07, 6.45) is 0. The highest BCUT2D eigenvalue weighted by Gasteiger charge is 2.07. The van der Waals surface area contributed by atoms with Crippen LogP contribution in [0.1, 0.15) is 6.92 Å². The summed E-state index contributed by atoms with van der Waals surface area (Å²) in [6.45, 7) is 2.02. The van der Waals surface area contributed by atoms with Crippen LogP contribution in [-0.2, 0) is 4.79 Å². The van der Waals surface area contributed by atoms with Gasteiger partial charge in [0, 0.05) is 37.6 Å². The van der Waals surface area contributed by atoms with E-state index >= 15 is 0 Å². The number of nitrogens with one attached hydrogen (secondary N) is 3. The Balaban J connectivity index is 1.97.